The van der Waals surface area contributed by atoms with Gasteiger partial charge < -0.3 is 9.47 Å². The predicted octanol–water partition coefficient (Wildman–Crippen LogP) is 3.05. The molecule has 2 unspecified atom stereocenters. The predicted molar refractivity (Wildman–Crippen MR) is 58.1 cm³/mol. The molecule has 0 amide bonds. The van der Waals surface area contributed by atoms with Crippen LogP contribution in [0, 0.1) is 0 Å². The molecule has 1 heterocycles. The molecule has 80 valence electrons. The molecule has 14 heavy (non-hydrogen) atoms. The molecule has 0 N–H and O–H groups in total. The third kappa shape index (κ3) is 3.64. The summed E-state index contributed by atoms with van der Waals surface area (Å²) in [6.07, 6.45) is 3.95. The van der Waals surface area contributed by atoms with E-state index in [4.69, 9.17) is 9.47 Å². The van der Waals surface area contributed by atoms with Crippen molar-refractivity contribution in [1.82, 2.24) is 0 Å². The third-order valence-electron chi connectivity index (χ3n) is 2.14. The molecule has 2 nitrogen and oxygen atoms in total. The van der Waals surface area contributed by atoms with Crippen LogP contribution in [0.3, 0.4) is 0 Å². The number of hydrogen-bond donors (Lipinski definition) is 0. The van der Waals surface area contributed by atoms with Gasteiger partial charge in [-0.25, -0.2) is 0 Å². The van der Waals surface area contributed by atoms with E-state index >= 15 is 0 Å². The highest BCUT2D eigenvalue weighted by molar-refractivity contribution is 5.08. The molecule has 0 aliphatic carbocycles. The van der Waals surface area contributed by atoms with Gasteiger partial charge in [0.25, 0.3) is 0 Å². The minimum absolute atomic E-state index is 0.0955. The second-order valence-corrected chi connectivity index (χ2v) is 3.96. The van der Waals surface area contributed by atoms with Crippen molar-refractivity contribution in [2.45, 2.75) is 46.0 Å². The Hall–Kier alpha value is -0.600. The molecule has 0 bridgehead atoms. The van der Waals surface area contributed by atoms with Crippen molar-refractivity contribution in [2.24, 2.45) is 0 Å². The molecule has 0 aromatic heterocycles. The normalized spacial score (nSPS) is 27.5. The first-order valence-electron chi connectivity index (χ1n) is 5.20. The molecule has 1 saturated heterocycles. The maximum absolute atomic E-state index is 5.75. The molecule has 0 spiro atoms. The minimum atomic E-state index is -0.0955. The lowest BCUT2D eigenvalue weighted by Gasteiger charge is -2.29. The van der Waals surface area contributed by atoms with Gasteiger partial charge in [-0.05, 0) is 27.2 Å². The van der Waals surface area contributed by atoms with Crippen molar-refractivity contribution in [3.05, 3.63) is 23.8 Å². The van der Waals surface area contributed by atoms with Crippen LogP contribution in [-0.2, 0) is 9.47 Å². The SMILES string of the molecule is C=C1CC(C=C(C)C)OC(OCC)C1. The second-order valence-electron chi connectivity index (χ2n) is 3.96. The monoisotopic (exact) mass is 196 g/mol. The lowest BCUT2D eigenvalue weighted by molar-refractivity contribution is -0.167. The summed E-state index contributed by atoms with van der Waals surface area (Å²) in [5.74, 6) is 0. The van der Waals surface area contributed by atoms with Crippen LogP contribution in [0.1, 0.15) is 33.6 Å². The van der Waals surface area contributed by atoms with E-state index in [-0.39, 0.29) is 12.4 Å². The standard InChI is InChI=1S/C12H20O2/c1-5-13-12-8-10(4)7-11(14-12)6-9(2)3/h6,11-12H,4-5,7-8H2,1-3H3. The summed E-state index contributed by atoms with van der Waals surface area (Å²) in [5, 5.41) is 0. The van der Waals surface area contributed by atoms with Crippen molar-refractivity contribution >= 4 is 0 Å². The summed E-state index contributed by atoms with van der Waals surface area (Å²) in [5.41, 5.74) is 2.50. The van der Waals surface area contributed by atoms with E-state index in [1.54, 1.807) is 0 Å². The van der Waals surface area contributed by atoms with Gasteiger partial charge in [-0.2, -0.15) is 0 Å². The van der Waals surface area contributed by atoms with Crippen molar-refractivity contribution in [2.75, 3.05) is 6.61 Å². The fourth-order valence-electron chi connectivity index (χ4n) is 1.65. The van der Waals surface area contributed by atoms with Crippen LogP contribution < -0.4 is 0 Å². The van der Waals surface area contributed by atoms with E-state index in [0.29, 0.717) is 6.61 Å². The zero-order valence-corrected chi connectivity index (χ0v) is 9.38. The first-order valence-corrected chi connectivity index (χ1v) is 5.20. The average Bonchev–Trinajstić information content (AvgIpc) is 2.01. The molecule has 1 rings (SSSR count). The van der Waals surface area contributed by atoms with E-state index in [2.05, 4.69) is 26.5 Å². The van der Waals surface area contributed by atoms with Gasteiger partial charge in [0.1, 0.15) is 0 Å². The van der Waals surface area contributed by atoms with E-state index in [9.17, 15) is 0 Å². The molecule has 0 saturated carbocycles. The lowest BCUT2D eigenvalue weighted by atomic mass is 10.0. The highest BCUT2D eigenvalue weighted by Gasteiger charge is 2.23. The number of allylic oxidation sites excluding steroid dienone is 1. The van der Waals surface area contributed by atoms with E-state index in [1.165, 1.54) is 11.1 Å². The highest BCUT2D eigenvalue weighted by Crippen LogP contribution is 2.25. The van der Waals surface area contributed by atoms with E-state index < -0.39 is 0 Å². The number of ether oxygens (including phenoxy) is 2. The Bertz CT molecular complexity index is 226. The summed E-state index contributed by atoms with van der Waals surface area (Å²) >= 11 is 0. The Balaban J connectivity index is 2.54. The molecular formula is C12H20O2. The molecule has 0 aromatic carbocycles. The minimum Gasteiger partial charge on any atom is -0.353 e. The van der Waals surface area contributed by atoms with Gasteiger partial charge in [0, 0.05) is 13.0 Å². The first-order chi connectivity index (χ1) is 6.61. The zero-order valence-electron chi connectivity index (χ0n) is 9.38. The summed E-state index contributed by atoms with van der Waals surface area (Å²) < 4.78 is 11.2. The van der Waals surface area contributed by atoms with Crippen LogP contribution >= 0.6 is 0 Å². The van der Waals surface area contributed by atoms with Crippen LogP contribution in [-0.4, -0.2) is 19.0 Å². The molecule has 2 heteroatoms. The fourth-order valence-corrected chi connectivity index (χ4v) is 1.65. The topological polar surface area (TPSA) is 18.5 Å². The summed E-state index contributed by atoms with van der Waals surface area (Å²) in [4.78, 5) is 0. The molecule has 1 fully saturated rings. The zero-order chi connectivity index (χ0) is 10.6. The average molecular weight is 196 g/mol. The lowest BCUT2D eigenvalue weighted by Crippen LogP contribution is -2.29. The van der Waals surface area contributed by atoms with Crippen LogP contribution in [0.15, 0.2) is 23.8 Å². The molecule has 0 radical (unpaired) electrons. The summed E-state index contributed by atoms with van der Waals surface area (Å²) in [6, 6.07) is 0. The molecule has 0 aromatic rings. The number of rotatable bonds is 3. The maximum Gasteiger partial charge on any atom is 0.162 e. The van der Waals surface area contributed by atoms with Gasteiger partial charge in [0.05, 0.1) is 6.10 Å². The number of hydrogen-bond acceptors (Lipinski definition) is 2. The van der Waals surface area contributed by atoms with Gasteiger partial charge in [0.15, 0.2) is 6.29 Å². The Morgan fingerprint density at radius 1 is 1.57 bits per heavy atom. The quantitative estimate of drug-likeness (QED) is 0.646. The van der Waals surface area contributed by atoms with E-state index in [1.807, 2.05) is 6.92 Å². The molecule has 1 aliphatic rings. The van der Waals surface area contributed by atoms with Gasteiger partial charge >= 0.3 is 0 Å². The van der Waals surface area contributed by atoms with Crippen LogP contribution in [0.4, 0.5) is 0 Å². The molecule has 2 atom stereocenters. The van der Waals surface area contributed by atoms with Gasteiger partial charge in [-0.15, -0.1) is 0 Å². The van der Waals surface area contributed by atoms with Gasteiger partial charge in [0.2, 0.25) is 0 Å². The van der Waals surface area contributed by atoms with Crippen LogP contribution in [0.2, 0.25) is 0 Å². The Morgan fingerprint density at radius 2 is 2.29 bits per heavy atom. The fraction of sp³-hybridized carbons (Fsp3) is 0.667. The van der Waals surface area contributed by atoms with Crippen molar-refractivity contribution in [1.29, 1.82) is 0 Å². The largest absolute Gasteiger partial charge is 0.353 e. The van der Waals surface area contributed by atoms with Gasteiger partial charge in [-0.1, -0.05) is 23.8 Å². The maximum atomic E-state index is 5.75. The first kappa shape index (κ1) is 11.5. The van der Waals surface area contributed by atoms with E-state index in [0.717, 1.165) is 12.8 Å². The van der Waals surface area contributed by atoms with Crippen molar-refractivity contribution in [3.63, 3.8) is 0 Å². The Morgan fingerprint density at radius 3 is 2.86 bits per heavy atom. The van der Waals surface area contributed by atoms with Crippen LogP contribution in [0.5, 0.6) is 0 Å². The Labute approximate surface area is 86.6 Å². The second kappa shape index (κ2) is 5.32. The van der Waals surface area contributed by atoms with Crippen LogP contribution in [0.25, 0.3) is 0 Å². The third-order valence-corrected chi connectivity index (χ3v) is 2.14. The molecular weight excluding hydrogens is 176 g/mol. The summed E-state index contributed by atoms with van der Waals surface area (Å²) in [6.45, 7) is 10.9. The van der Waals surface area contributed by atoms with Crippen molar-refractivity contribution in [3.8, 4) is 0 Å². The molecule has 1 aliphatic heterocycles. The van der Waals surface area contributed by atoms with Gasteiger partial charge in [-0.3, -0.25) is 0 Å². The highest BCUT2D eigenvalue weighted by atomic mass is 16.7. The smallest absolute Gasteiger partial charge is 0.162 e. The Kier molecular flexibility index (Phi) is 4.36. The summed E-state index contributed by atoms with van der Waals surface area (Å²) in [7, 11) is 0. The van der Waals surface area contributed by atoms with Crippen molar-refractivity contribution < 1.29 is 9.47 Å².